The van der Waals surface area contributed by atoms with Gasteiger partial charge in [0, 0.05) is 17.5 Å². The van der Waals surface area contributed by atoms with E-state index in [4.69, 9.17) is 14.2 Å². The molecule has 2 amide bonds. The molecule has 0 spiro atoms. The van der Waals surface area contributed by atoms with Crippen LogP contribution in [0.15, 0.2) is 47.8 Å². The monoisotopic (exact) mass is 509 g/mol. The molecule has 0 radical (unpaired) electrons. The van der Waals surface area contributed by atoms with Crippen LogP contribution in [0, 0.1) is 0 Å². The molecule has 0 saturated carbocycles. The van der Waals surface area contributed by atoms with Crippen LogP contribution in [0.5, 0.6) is 17.2 Å². The minimum Gasteiger partial charge on any atom is -0.497 e. The number of aromatic nitrogens is 1. The van der Waals surface area contributed by atoms with E-state index in [0.29, 0.717) is 27.8 Å². The number of thiazole rings is 1. The molecule has 2 unspecified atom stereocenters. The number of likely N-dealkylation sites (N-methyl/N-ethyl adjacent to an activating group) is 1. The Morgan fingerprint density at radius 3 is 2.51 bits per heavy atom. The van der Waals surface area contributed by atoms with Gasteiger partial charge in [0.15, 0.2) is 16.6 Å². The molecule has 1 N–H and O–H groups in total. The zero-order valence-electron chi connectivity index (χ0n) is 19.5. The zero-order valence-corrected chi connectivity index (χ0v) is 21.2. The van der Waals surface area contributed by atoms with Crippen molar-refractivity contribution in [2.75, 3.05) is 33.7 Å². The highest BCUT2D eigenvalue weighted by molar-refractivity contribution is 7.22. The van der Waals surface area contributed by atoms with Gasteiger partial charge in [-0.25, -0.2) is 4.98 Å². The largest absolute Gasteiger partial charge is 0.497 e. The van der Waals surface area contributed by atoms with Crippen molar-refractivity contribution in [1.29, 1.82) is 0 Å². The Kier molecular flexibility index (Phi) is 6.08. The van der Waals surface area contributed by atoms with Crippen molar-refractivity contribution in [2.45, 2.75) is 12.0 Å². The summed E-state index contributed by atoms with van der Waals surface area (Å²) < 4.78 is 17.1. The molecule has 1 aliphatic rings. The molecule has 3 heterocycles. The average Bonchev–Trinajstić information content (AvgIpc) is 3.54. The van der Waals surface area contributed by atoms with Crippen molar-refractivity contribution < 1.29 is 23.8 Å². The maximum absolute atomic E-state index is 13.9. The molecule has 5 rings (SSSR count). The number of anilines is 1. The number of fused-ring (bicyclic) bond motifs is 2. The number of nitrogens with zero attached hydrogens (tertiary/aromatic N) is 2. The first-order valence-electron chi connectivity index (χ1n) is 10.8. The quantitative estimate of drug-likeness (QED) is 0.396. The van der Waals surface area contributed by atoms with E-state index >= 15 is 0 Å². The van der Waals surface area contributed by atoms with Crippen molar-refractivity contribution in [3.05, 3.63) is 63.8 Å². The number of carbonyl (C=O) groups is 2. The van der Waals surface area contributed by atoms with Gasteiger partial charge >= 0.3 is 0 Å². The normalized spacial score (nSPS) is 17.3. The van der Waals surface area contributed by atoms with E-state index in [0.717, 1.165) is 20.8 Å². The van der Waals surface area contributed by atoms with E-state index in [-0.39, 0.29) is 11.8 Å². The van der Waals surface area contributed by atoms with Gasteiger partial charge in [0.1, 0.15) is 5.75 Å². The average molecular weight is 510 g/mol. The lowest BCUT2D eigenvalue weighted by atomic mass is 9.81. The second kappa shape index (κ2) is 9.20. The van der Waals surface area contributed by atoms with E-state index in [9.17, 15) is 9.59 Å². The number of nitrogens with one attached hydrogen (secondary N) is 1. The van der Waals surface area contributed by atoms with Crippen molar-refractivity contribution >= 4 is 49.8 Å². The number of rotatable bonds is 6. The number of ether oxygens (including phenoxy) is 3. The Morgan fingerprint density at radius 2 is 1.83 bits per heavy atom. The van der Waals surface area contributed by atoms with Crippen molar-refractivity contribution in [1.82, 2.24) is 9.88 Å². The third-order valence-corrected chi connectivity index (χ3v) is 7.99. The Labute approximate surface area is 210 Å². The van der Waals surface area contributed by atoms with Crippen molar-refractivity contribution in [3.63, 3.8) is 0 Å². The molecule has 0 bridgehead atoms. The molecule has 4 aromatic rings. The predicted octanol–water partition coefficient (Wildman–Crippen LogP) is 4.93. The Balaban J connectivity index is 1.60. The Bertz CT molecular complexity index is 1420. The summed E-state index contributed by atoms with van der Waals surface area (Å²) in [6, 6.07) is 12.3. The lowest BCUT2D eigenvalue weighted by Crippen LogP contribution is -2.43. The standard InChI is InChI=1S/C25H23N3O5S2/c1-28-22(19-6-5-9-34-19)21(14-11-17(32-3)18(33-4)12-15(14)24(28)30)23(29)27-25-26-16-8-7-13(31-2)10-20(16)35-25/h5-12,21-22H,1-4H3,(H,26,27,29). The van der Waals surface area contributed by atoms with Gasteiger partial charge in [-0.1, -0.05) is 17.4 Å². The van der Waals surface area contributed by atoms with Crippen LogP contribution >= 0.6 is 22.7 Å². The fraction of sp³-hybridized carbons (Fsp3) is 0.240. The molecule has 2 atom stereocenters. The molecule has 1 aliphatic heterocycles. The summed E-state index contributed by atoms with van der Waals surface area (Å²) in [5.41, 5.74) is 1.76. The number of methoxy groups -OCH3 is 3. The molecular weight excluding hydrogens is 486 g/mol. The maximum Gasteiger partial charge on any atom is 0.254 e. The summed E-state index contributed by atoms with van der Waals surface area (Å²) in [6.07, 6.45) is 0. The van der Waals surface area contributed by atoms with Crippen LogP contribution in [-0.4, -0.2) is 50.1 Å². The van der Waals surface area contributed by atoms with Gasteiger partial charge in [-0.2, -0.15) is 0 Å². The van der Waals surface area contributed by atoms with Crippen molar-refractivity contribution in [2.24, 2.45) is 0 Å². The summed E-state index contributed by atoms with van der Waals surface area (Å²) in [4.78, 5) is 34.3. The van der Waals surface area contributed by atoms with E-state index in [1.165, 1.54) is 36.9 Å². The predicted molar refractivity (Wildman–Crippen MR) is 136 cm³/mol. The molecule has 0 saturated heterocycles. The Morgan fingerprint density at radius 1 is 1.06 bits per heavy atom. The van der Waals surface area contributed by atoms with Crippen LogP contribution < -0.4 is 19.5 Å². The minimum atomic E-state index is -0.687. The van der Waals surface area contributed by atoms with Crippen LogP contribution in [0.1, 0.15) is 32.8 Å². The van der Waals surface area contributed by atoms with E-state index in [1.807, 2.05) is 35.7 Å². The highest BCUT2D eigenvalue weighted by atomic mass is 32.1. The molecule has 0 aliphatic carbocycles. The summed E-state index contributed by atoms with van der Waals surface area (Å²) in [5, 5.41) is 5.41. The molecule has 2 aromatic carbocycles. The number of thiophene rings is 1. The third kappa shape index (κ3) is 3.98. The number of carbonyl (C=O) groups excluding carboxylic acids is 2. The highest BCUT2D eigenvalue weighted by Gasteiger charge is 2.44. The number of benzene rings is 2. The highest BCUT2D eigenvalue weighted by Crippen LogP contribution is 2.47. The smallest absolute Gasteiger partial charge is 0.254 e. The van der Waals surface area contributed by atoms with Gasteiger partial charge in [0.05, 0.1) is 43.5 Å². The number of hydrogen-bond acceptors (Lipinski definition) is 8. The van der Waals surface area contributed by atoms with Gasteiger partial charge in [-0.15, -0.1) is 11.3 Å². The van der Waals surface area contributed by atoms with E-state index < -0.39 is 12.0 Å². The van der Waals surface area contributed by atoms with Crippen LogP contribution in [0.2, 0.25) is 0 Å². The minimum absolute atomic E-state index is 0.185. The van der Waals surface area contributed by atoms with Gasteiger partial charge in [0.2, 0.25) is 5.91 Å². The fourth-order valence-electron chi connectivity index (χ4n) is 4.42. The van der Waals surface area contributed by atoms with Crippen LogP contribution in [-0.2, 0) is 4.79 Å². The number of hydrogen-bond donors (Lipinski definition) is 1. The van der Waals surface area contributed by atoms with Crippen LogP contribution in [0.25, 0.3) is 10.2 Å². The van der Waals surface area contributed by atoms with E-state index in [2.05, 4.69) is 10.3 Å². The SMILES string of the molecule is COc1ccc2nc(NC(=O)C3c4cc(OC)c(OC)cc4C(=O)N(C)C3c3cccs3)sc2c1. The maximum atomic E-state index is 13.9. The molecule has 35 heavy (non-hydrogen) atoms. The van der Waals surface area contributed by atoms with E-state index in [1.54, 1.807) is 31.2 Å². The summed E-state index contributed by atoms with van der Waals surface area (Å²) in [7, 11) is 6.37. The van der Waals surface area contributed by atoms with Gasteiger partial charge in [-0.05, 0) is 47.3 Å². The molecule has 2 aromatic heterocycles. The fourth-order valence-corrected chi connectivity index (χ4v) is 6.22. The topological polar surface area (TPSA) is 90.0 Å². The van der Waals surface area contributed by atoms with Crippen LogP contribution in [0.3, 0.4) is 0 Å². The van der Waals surface area contributed by atoms with Gasteiger partial charge in [0.25, 0.3) is 5.91 Å². The Hall–Kier alpha value is -3.63. The summed E-state index contributed by atoms with van der Waals surface area (Å²) >= 11 is 2.87. The van der Waals surface area contributed by atoms with Crippen molar-refractivity contribution in [3.8, 4) is 17.2 Å². The molecule has 8 nitrogen and oxygen atoms in total. The lowest BCUT2D eigenvalue weighted by Gasteiger charge is -2.39. The second-order valence-corrected chi connectivity index (χ2v) is 10.0. The molecule has 0 fully saturated rings. The first kappa shape index (κ1) is 23.1. The molecule has 180 valence electrons. The number of amides is 2. The first-order chi connectivity index (χ1) is 16.9. The molecule has 10 heteroatoms. The zero-order chi connectivity index (χ0) is 24.7. The van der Waals surface area contributed by atoms with Gasteiger partial charge in [-0.3, -0.25) is 9.59 Å². The third-order valence-electron chi connectivity index (χ3n) is 6.12. The summed E-state index contributed by atoms with van der Waals surface area (Å²) in [6.45, 7) is 0. The summed E-state index contributed by atoms with van der Waals surface area (Å²) in [5.74, 6) is 0.477. The second-order valence-electron chi connectivity index (χ2n) is 7.99. The lowest BCUT2D eigenvalue weighted by molar-refractivity contribution is -0.119. The van der Waals surface area contributed by atoms with Gasteiger partial charge < -0.3 is 24.4 Å². The molecular formula is C25H23N3O5S2. The first-order valence-corrected chi connectivity index (χ1v) is 12.5. The van der Waals surface area contributed by atoms with Crippen LogP contribution in [0.4, 0.5) is 5.13 Å².